The lowest BCUT2D eigenvalue weighted by molar-refractivity contribution is 0.0802. The Kier molecular flexibility index (Phi) is 8.65. The van der Waals surface area contributed by atoms with Crippen LogP contribution in [0, 0.1) is 13.8 Å². The second-order valence-corrected chi connectivity index (χ2v) is 7.49. The zero-order chi connectivity index (χ0) is 25.4. The number of carbonyl (C=O) groups excluding carboxylic acids is 2. The number of ether oxygens (including phenoxy) is 2. The van der Waals surface area contributed by atoms with Crippen LogP contribution in [0.4, 0.5) is 17.3 Å². The maximum Gasteiger partial charge on any atom is 0.259 e. The highest BCUT2D eigenvalue weighted by atomic mass is 16.5. The molecule has 0 radical (unpaired) electrons. The van der Waals surface area contributed by atoms with Crippen molar-refractivity contribution in [1.29, 1.82) is 0 Å². The molecule has 35 heavy (non-hydrogen) atoms. The molecule has 0 bridgehead atoms. The molecule has 1 aromatic carbocycles. The molecular weight excluding hydrogens is 452 g/mol. The van der Waals surface area contributed by atoms with Crippen LogP contribution in [0.2, 0.25) is 0 Å². The number of carbonyl (C=O) groups is 2. The minimum absolute atomic E-state index is 0.114. The number of aromatic nitrogens is 3. The fraction of sp³-hybridized carbons (Fsp3) is 0.292. The van der Waals surface area contributed by atoms with Crippen LogP contribution in [0.1, 0.15) is 37.8 Å². The summed E-state index contributed by atoms with van der Waals surface area (Å²) in [6.45, 7) is 3.84. The first-order valence-corrected chi connectivity index (χ1v) is 10.8. The average Bonchev–Trinajstić information content (AvgIpc) is 2.83. The maximum atomic E-state index is 13.2. The summed E-state index contributed by atoms with van der Waals surface area (Å²) in [6.07, 6.45) is 1.37. The third-order valence-electron chi connectivity index (χ3n) is 4.88. The van der Waals surface area contributed by atoms with Crippen LogP contribution in [0.25, 0.3) is 0 Å². The highest BCUT2D eigenvalue weighted by Crippen LogP contribution is 2.27. The Labute approximate surface area is 202 Å². The molecule has 11 nitrogen and oxygen atoms in total. The Hall–Kier alpha value is -4.09. The van der Waals surface area contributed by atoms with Crippen molar-refractivity contribution in [2.24, 2.45) is 0 Å². The van der Waals surface area contributed by atoms with Crippen molar-refractivity contribution in [3.63, 3.8) is 0 Å². The molecule has 3 aromatic rings. The fourth-order valence-electron chi connectivity index (χ4n) is 3.41. The normalized spacial score (nSPS) is 10.5. The first kappa shape index (κ1) is 25.5. The van der Waals surface area contributed by atoms with Gasteiger partial charge in [-0.15, -0.1) is 0 Å². The number of methoxy groups -OCH3 is 1. The molecular formula is C24H28N6O5. The smallest absolute Gasteiger partial charge is 0.259 e. The van der Waals surface area contributed by atoms with Gasteiger partial charge in [-0.3, -0.25) is 9.59 Å². The molecule has 184 valence electrons. The minimum atomic E-state index is -0.484. The van der Waals surface area contributed by atoms with E-state index in [0.717, 1.165) is 5.69 Å². The van der Waals surface area contributed by atoms with Crippen LogP contribution >= 0.6 is 0 Å². The van der Waals surface area contributed by atoms with Crippen molar-refractivity contribution in [3.05, 3.63) is 64.7 Å². The van der Waals surface area contributed by atoms with Crippen LogP contribution in [-0.4, -0.2) is 59.2 Å². The van der Waals surface area contributed by atoms with Crippen LogP contribution in [0.5, 0.6) is 5.75 Å². The van der Waals surface area contributed by atoms with E-state index < -0.39 is 11.8 Å². The highest BCUT2D eigenvalue weighted by molar-refractivity contribution is 6.10. The Morgan fingerprint density at radius 3 is 2.54 bits per heavy atom. The number of aliphatic hydroxyl groups is 1. The largest absolute Gasteiger partial charge is 0.496 e. The summed E-state index contributed by atoms with van der Waals surface area (Å²) in [5, 5.41) is 17.4. The van der Waals surface area contributed by atoms with Crippen molar-refractivity contribution in [3.8, 4) is 5.75 Å². The zero-order valence-electron chi connectivity index (χ0n) is 20.0. The number of hydrogen-bond donors (Lipinski definition) is 4. The number of pyridine rings is 1. The number of aliphatic hydroxyl groups excluding tert-OH is 1. The third-order valence-corrected chi connectivity index (χ3v) is 4.88. The van der Waals surface area contributed by atoms with Gasteiger partial charge in [0.1, 0.15) is 23.2 Å². The van der Waals surface area contributed by atoms with Crippen LogP contribution < -0.4 is 20.7 Å². The molecule has 2 heterocycles. The van der Waals surface area contributed by atoms with Gasteiger partial charge in [-0.05, 0) is 19.9 Å². The van der Waals surface area contributed by atoms with Crippen molar-refractivity contribution in [2.75, 3.05) is 38.0 Å². The minimum Gasteiger partial charge on any atom is -0.496 e. The summed E-state index contributed by atoms with van der Waals surface area (Å²) in [5.74, 6) is 0.947. The Bertz CT molecular complexity index is 1200. The summed E-state index contributed by atoms with van der Waals surface area (Å²) in [7, 11) is 2.95. The lowest BCUT2D eigenvalue weighted by Crippen LogP contribution is -2.22. The molecule has 0 spiro atoms. The van der Waals surface area contributed by atoms with E-state index in [2.05, 4.69) is 30.9 Å². The Morgan fingerprint density at radius 2 is 1.86 bits per heavy atom. The van der Waals surface area contributed by atoms with Gasteiger partial charge in [-0.25, -0.2) is 15.0 Å². The van der Waals surface area contributed by atoms with Gasteiger partial charge in [0, 0.05) is 36.6 Å². The van der Waals surface area contributed by atoms with Crippen molar-refractivity contribution < 1.29 is 24.2 Å². The number of para-hydroxylation sites is 1. The number of benzene rings is 1. The van der Waals surface area contributed by atoms with E-state index in [1.807, 2.05) is 6.92 Å². The molecule has 2 amide bonds. The second kappa shape index (κ2) is 11.9. The number of anilines is 3. The summed E-state index contributed by atoms with van der Waals surface area (Å²) >= 11 is 0. The van der Waals surface area contributed by atoms with E-state index in [-0.39, 0.29) is 36.6 Å². The number of nitrogens with one attached hydrogen (secondary N) is 3. The van der Waals surface area contributed by atoms with Crippen molar-refractivity contribution >= 4 is 29.1 Å². The van der Waals surface area contributed by atoms with Gasteiger partial charge in [0.2, 0.25) is 0 Å². The van der Waals surface area contributed by atoms with E-state index in [4.69, 9.17) is 14.6 Å². The standard InChI is InChI=1S/C24H28N6O5/c1-14-10-21(28-15(2)27-14)30-20-11-19(18(12-26-20)23(32)25-3)29-24(33)17-7-5-6-16(22(17)34-4)13-35-9-8-31/h5-7,10-12,31H,8-9,13H2,1-4H3,(H,25,32)(H2,26,27,28,29,30,33). The lowest BCUT2D eigenvalue weighted by atomic mass is 10.1. The zero-order valence-corrected chi connectivity index (χ0v) is 20.0. The predicted octanol–water partition coefficient (Wildman–Crippen LogP) is 2.36. The number of rotatable bonds is 10. The molecule has 4 N–H and O–H groups in total. The van der Waals surface area contributed by atoms with Gasteiger partial charge < -0.3 is 30.5 Å². The molecule has 0 unspecified atom stereocenters. The number of aryl methyl sites for hydroxylation is 2. The maximum absolute atomic E-state index is 13.2. The predicted molar refractivity (Wildman–Crippen MR) is 130 cm³/mol. The number of amides is 2. The summed E-state index contributed by atoms with van der Waals surface area (Å²) < 4.78 is 10.8. The quantitative estimate of drug-likeness (QED) is 0.321. The third kappa shape index (κ3) is 6.49. The summed E-state index contributed by atoms with van der Waals surface area (Å²) in [5.41, 5.74) is 2.12. The lowest BCUT2D eigenvalue weighted by Gasteiger charge is -2.16. The van der Waals surface area contributed by atoms with Gasteiger partial charge in [0.25, 0.3) is 11.8 Å². The molecule has 0 aliphatic rings. The van der Waals surface area contributed by atoms with E-state index in [1.54, 1.807) is 37.3 Å². The molecule has 0 saturated carbocycles. The SMILES string of the molecule is CNC(=O)c1cnc(Nc2cc(C)nc(C)n2)cc1NC(=O)c1cccc(COCCO)c1OC. The molecule has 0 aliphatic carbocycles. The summed E-state index contributed by atoms with van der Waals surface area (Å²) in [4.78, 5) is 38.5. The van der Waals surface area contributed by atoms with Crippen molar-refractivity contribution in [2.45, 2.75) is 20.5 Å². The average molecular weight is 481 g/mol. The highest BCUT2D eigenvalue weighted by Gasteiger charge is 2.20. The summed E-state index contributed by atoms with van der Waals surface area (Å²) in [6, 6.07) is 8.39. The van der Waals surface area contributed by atoms with Crippen LogP contribution in [0.3, 0.4) is 0 Å². The fourth-order valence-corrected chi connectivity index (χ4v) is 3.41. The number of hydrogen-bond acceptors (Lipinski definition) is 9. The molecule has 0 fully saturated rings. The van der Waals surface area contributed by atoms with E-state index in [1.165, 1.54) is 20.4 Å². The second-order valence-electron chi connectivity index (χ2n) is 7.49. The van der Waals surface area contributed by atoms with E-state index in [9.17, 15) is 9.59 Å². The van der Waals surface area contributed by atoms with Crippen LogP contribution in [-0.2, 0) is 11.3 Å². The molecule has 3 rings (SSSR count). The Balaban J connectivity index is 1.93. The first-order chi connectivity index (χ1) is 16.9. The molecule has 0 atom stereocenters. The molecule has 2 aromatic heterocycles. The van der Waals surface area contributed by atoms with Gasteiger partial charge in [0.15, 0.2) is 0 Å². The van der Waals surface area contributed by atoms with Gasteiger partial charge in [0.05, 0.1) is 43.7 Å². The molecule has 11 heteroatoms. The van der Waals surface area contributed by atoms with Gasteiger partial charge >= 0.3 is 0 Å². The van der Waals surface area contributed by atoms with E-state index >= 15 is 0 Å². The van der Waals surface area contributed by atoms with E-state index in [0.29, 0.717) is 28.8 Å². The first-order valence-electron chi connectivity index (χ1n) is 10.8. The Morgan fingerprint density at radius 1 is 1.06 bits per heavy atom. The van der Waals surface area contributed by atoms with Crippen LogP contribution in [0.15, 0.2) is 36.5 Å². The molecule has 0 aliphatic heterocycles. The van der Waals surface area contributed by atoms with Gasteiger partial charge in [-0.2, -0.15) is 0 Å². The monoisotopic (exact) mass is 480 g/mol. The van der Waals surface area contributed by atoms with Gasteiger partial charge in [-0.1, -0.05) is 12.1 Å². The molecule has 0 saturated heterocycles. The number of nitrogens with zero attached hydrogens (tertiary/aromatic N) is 3. The topological polar surface area (TPSA) is 148 Å². The van der Waals surface area contributed by atoms with Crippen molar-refractivity contribution in [1.82, 2.24) is 20.3 Å².